The van der Waals surface area contributed by atoms with E-state index in [-0.39, 0.29) is 6.54 Å². The second-order valence-corrected chi connectivity index (χ2v) is 4.30. The molecule has 1 aliphatic heterocycles. The van der Waals surface area contributed by atoms with Gasteiger partial charge in [-0.25, -0.2) is 8.78 Å². The lowest BCUT2D eigenvalue weighted by molar-refractivity contribution is -0.385. The summed E-state index contributed by atoms with van der Waals surface area (Å²) in [6, 6.07) is 0.998. The Labute approximate surface area is 113 Å². The average molecular weight is 286 g/mol. The van der Waals surface area contributed by atoms with Gasteiger partial charge in [0.25, 0.3) is 11.6 Å². The maximum Gasteiger partial charge on any atom is 0.285 e. The van der Waals surface area contributed by atoms with Gasteiger partial charge in [0.2, 0.25) is 0 Å². The molecule has 6 nitrogen and oxygen atoms in total. The predicted octanol–water partition coefficient (Wildman–Crippen LogP) is 1.74. The fourth-order valence-electron chi connectivity index (χ4n) is 1.98. The van der Waals surface area contributed by atoms with Crippen molar-refractivity contribution in [3.05, 3.63) is 39.4 Å². The minimum atomic E-state index is -1.35. The molecule has 20 heavy (non-hydrogen) atoms. The molecule has 1 aliphatic rings. The molecular weight excluding hydrogens is 274 g/mol. The first-order chi connectivity index (χ1) is 9.50. The number of carbonyl (C=O) groups excluding carboxylic acids is 1. The number of nitro groups is 1. The largest absolute Gasteiger partial charge is 0.380 e. The van der Waals surface area contributed by atoms with Crippen LogP contribution in [-0.4, -0.2) is 42.0 Å². The van der Waals surface area contributed by atoms with Gasteiger partial charge in [0.05, 0.1) is 17.6 Å². The van der Waals surface area contributed by atoms with Gasteiger partial charge in [0.15, 0.2) is 11.6 Å². The van der Waals surface area contributed by atoms with E-state index in [0.717, 1.165) is 0 Å². The van der Waals surface area contributed by atoms with Crippen molar-refractivity contribution in [3.8, 4) is 0 Å². The molecule has 0 aromatic heterocycles. The number of hydrogen-bond donors (Lipinski definition) is 0. The van der Waals surface area contributed by atoms with Crippen molar-refractivity contribution in [2.24, 2.45) is 0 Å². The summed E-state index contributed by atoms with van der Waals surface area (Å²) in [5, 5.41) is 10.9. The summed E-state index contributed by atoms with van der Waals surface area (Å²) in [7, 11) is 0. The van der Waals surface area contributed by atoms with E-state index in [1.165, 1.54) is 4.90 Å². The number of nitrogens with zero attached hydrogens (tertiary/aromatic N) is 2. The molecule has 0 atom stereocenters. The summed E-state index contributed by atoms with van der Waals surface area (Å²) >= 11 is 0. The highest BCUT2D eigenvalue weighted by Crippen LogP contribution is 2.24. The normalized spacial score (nSPS) is 15.8. The summed E-state index contributed by atoms with van der Waals surface area (Å²) in [6.07, 6.45) is 0.587. The fraction of sp³-hybridized carbons (Fsp3) is 0.417. The van der Waals surface area contributed by atoms with Crippen LogP contribution in [0, 0.1) is 21.7 Å². The van der Waals surface area contributed by atoms with E-state index in [1.807, 2.05) is 0 Å². The van der Waals surface area contributed by atoms with E-state index in [0.29, 0.717) is 38.3 Å². The Hall–Kier alpha value is -2.09. The maximum absolute atomic E-state index is 13.2. The van der Waals surface area contributed by atoms with E-state index in [9.17, 15) is 23.7 Å². The number of amides is 1. The van der Waals surface area contributed by atoms with Crippen molar-refractivity contribution in [2.75, 3.05) is 26.3 Å². The van der Waals surface area contributed by atoms with Crippen molar-refractivity contribution < 1.29 is 23.2 Å². The highest BCUT2D eigenvalue weighted by Gasteiger charge is 2.27. The molecule has 2 rings (SSSR count). The van der Waals surface area contributed by atoms with Gasteiger partial charge in [-0.3, -0.25) is 14.9 Å². The molecule has 0 radical (unpaired) electrons. The number of rotatable bonds is 2. The topological polar surface area (TPSA) is 72.7 Å². The van der Waals surface area contributed by atoms with E-state index in [2.05, 4.69) is 0 Å². The van der Waals surface area contributed by atoms with Crippen molar-refractivity contribution in [3.63, 3.8) is 0 Å². The first-order valence-electron chi connectivity index (χ1n) is 6.01. The summed E-state index contributed by atoms with van der Waals surface area (Å²) in [4.78, 5) is 23.5. The van der Waals surface area contributed by atoms with Crippen LogP contribution in [0.25, 0.3) is 0 Å². The Kier molecular flexibility index (Phi) is 4.23. The lowest BCUT2D eigenvalue weighted by Crippen LogP contribution is -2.33. The van der Waals surface area contributed by atoms with Crippen molar-refractivity contribution >= 4 is 11.6 Å². The molecule has 0 spiro atoms. The summed E-state index contributed by atoms with van der Waals surface area (Å²) in [5.74, 6) is -3.33. The number of carbonyl (C=O) groups is 1. The van der Waals surface area contributed by atoms with Crippen LogP contribution in [0.1, 0.15) is 16.8 Å². The minimum Gasteiger partial charge on any atom is -0.380 e. The van der Waals surface area contributed by atoms with Crippen LogP contribution >= 0.6 is 0 Å². The van der Waals surface area contributed by atoms with Gasteiger partial charge in [0, 0.05) is 19.7 Å². The van der Waals surface area contributed by atoms with Crippen LogP contribution in [-0.2, 0) is 4.74 Å². The quantitative estimate of drug-likeness (QED) is 0.613. The fourth-order valence-corrected chi connectivity index (χ4v) is 1.98. The van der Waals surface area contributed by atoms with E-state index in [1.54, 1.807) is 0 Å². The zero-order valence-corrected chi connectivity index (χ0v) is 10.5. The number of halogens is 2. The Morgan fingerprint density at radius 3 is 2.65 bits per heavy atom. The summed E-state index contributed by atoms with van der Waals surface area (Å²) in [5.41, 5.74) is -1.19. The Morgan fingerprint density at radius 2 is 1.95 bits per heavy atom. The lowest BCUT2D eigenvalue weighted by atomic mass is 10.1. The van der Waals surface area contributed by atoms with E-state index in [4.69, 9.17) is 4.74 Å². The van der Waals surface area contributed by atoms with Crippen LogP contribution in [0.5, 0.6) is 0 Å². The second kappa shape index (κ2) is 5.91. The van der Waals surface area contributed by atoms with Crippen molar-refractivity contribution in [1.82, 2.24) is 4.90 Å². The van der Waals surface area contributed by atoms with Crippen LogP contribution < -0.4 is 0 Å². The molecule has 0 unspecified atom stereocenters. The van der Waals surface area contributed by atoms with Crippen LogP contribution in [0.2, 0.25) is 0 Å². The highest BCUT2D eigenvalue weighted by atomic mass is 19.2. The molecule has 108 valence electrons. The van der Waals surface area contributed by atoms with Crippen LogP contribution in [0.3, 0.4) is 0 Å². The third-order valence-electron chi connectivity index (χ3n) is 2.98. The van der Waals surface area contributed by atoms with Gasteiger partial charge in [-0.1, -0.05) is 0 Å². The zero-order chi connectivity index (χ0) is 14.7. The minimum absolute atomic E-state index is 0.259. The molecule has 1 fully saturated rings. The zero-order valence-electron chi connectivity index (χ0n) is 10.5. The van der Waals surface area contributed by atoms with Gasteiger partial charge in [-0.15, -0.1) is 0 Å². The molecular formula is C12H12F2N2O4. The number of benzene rings is 1. The smallest absolute Gasteiger partial charge is 0.285 e. The van der Waals surface area contributed by atoms with Gasteiger partial charge >= 0.3 is 0 Å². The monoisotopic (exact) mass is 286 g/mol. The van der Waals surface area contributed by atoms with Gasteiger partial charge in [0.1, 0.15) is 5.56 Å². The Morgan fingerprint density at radius 1 is 1.25 bits per heavy atom. The summed E-state index contributed by atoms with van der Waals surface area (Å²) in [6.45, 7) is 1.41. The molecule has 0 bridgehead atoms. The standard InChI is InChI=1S/C12H12F2N2O4/c13-9-6-8(11(16(18)19)7-10(9)14)12(17)15-2-1-4-20-5-3-15/h6-7H,1-5H2. The molecule has 0 saturated carbocycles. The highest BCUT2D eigenvalue weighted by molar-refractivity contribution is 5.98. The number of nitro benzene ring substituents is 1. The lowest BCUT2D eigenvalue weighted by Gasteiger charge is -2.19. The SMILES string of the molecule is O=C(c1cc(F)c(F)cc1[N+](=O)[O-])N1CCCOCC1. The number of ether oxygens (including phenoxy) is 1. The van der Waals surface area contributed by atoms with E-state index >= 15 is 0 Å². The third-order valence-corrected chi connectivity index (χ3v) is 2.98. The van der Waals surface area contributed by atoms with Crippen LogP contribution in [0.15, 0.2) is 12.1 Å². The molecule has 1 amide bonds. The first kappa shape index (κ1) is 14.3. The predicted molar refractivity (Wildman–Crippen MR) is 64.4 cm³/mol. The Balaban J connectivity index is 2.37. The summed E-state index contributed by atoms with van der Waals surface area (Å²) < 4.78 is 31.5. The molecule has 0 aliphatic carbocycles. The first-order valence-corrected chi connectivity index (χ1v) is 6.01. The molecule has 1 saturated heterocycles. The van der Waals surface area contributed by atoms with E-state index < -0.39 is 33.7 Å². The third kappa shape index (κ3) is 2.90. The van der Waals surface area contributed by atoms with Gasteiger partial charge in [-0.2, -0.15) is 0 Å². The molecule has 1 aromatic carbocycles. The van der Waals surface area contributed by atoms with Crippen molar-refractivity contribution in [2.45, 2.75) is 6.42 Å². The Bertz CT molecular complexity index is 543. The van der Waals surface area contributed by atoms with Crippen molar-refractivity contribution in [1.29, 1.82) is 0 Å². The van der Waals surface area contributed by atoms with Crippen LogP contribution in [0.4, 0.5) is 14.5 Å². The molecule has 1 aromatic rings. The molecule has 1 heterocycles. The van der Waals surface area contributed by atoms with Gasteiger partial charge in [-0.05, 0) is 12.5 Å². The van der Waals surface area contributed by atoms with Gasteiger partial charge < -0.3 is 9.64 Å². The molecule has 8 heteroatoms. The molecule has 0 N–H and O–H groups in total. The second-order valence-electron chi connectivity index (χ2n) is 4.30. The number of hydrogen-bond acceptors (Lipinski definition) is 4. The maximum atomic E-state index is 13.2. The average Bonchev–Trinajstić information content (AvgIpc) is 2.69.